The van der Waals surface area contributed by atoms with E-state index in [0.717, 1.165) is 19.3 Å². The van der Waals surface area contributed by atoms with Crippen molar-refractivity contribution in [3.63, 3.8) is 0 Å². The maximum atomic E-state index is 12.8. The fourth-order valence-electron chi connectivity index (χ4n) is 4.85. The summed E-state index contributed by atoms with van der Waals surface area (Å²) in [5, 5.41) is 12.4. The third-order valence-corrected chi connectivity index (χ3v) is 6.50. The Morgan fingerprint density at radius 3 is 2.52 bits per heavy atom. The first kappa shape index (κ1) is 19.5. The largest absolute Gasteiger partial charge is 0.481 e. The molecular weight excluding hydrogens is 364 g/mol. The van der Waals surface area contributed by atoms with E-state index < -0.39 is 11.9 Å². The van der Waals surface area contributed by atoms with Crippen LogP contribution in [-0.2, 0) is 16.0 Å². The number of benzene rings is 2. The first-order valence-corrected chi connectivity index (χ1v) is 10.4. The van der Waals surface area contributed by atoms with Crippen molar-refractivity contribution in [2.75, 3.05) is 18.5 Å². The Bertz CT molecular complexity index is 911. The topological polar surface area (TPSA) is 69.6 Å². The molecule has 1 unspecified atom stereocenters. The Hall–Kier alpha value is -2.82. The molecule has 2 aliphatic rings. The van der Waals surface area contributed by atoms with E-state index in [1.54, 1.807) is 0 Å². The Morgan fingerprint density at radius 2 is 1.72 bits per heavy atom. The van der Waals surface area contributed by atoms with Crippen molar-refractivity contribution in [2.24, 2.45) is 11.8 Å². The highest BCUT2D eigenvalue weighted by Gasteiger charge is 2.32. The molecule has 1 aliphatic carbocycles. The second-order valence-corrected chi connectivity index (χ2v) is 8.27. The summed E-state index contributed by atoms with van der Waals surface area (Å²) >= 11 is 0. The minimum atomic E-state index is -0.781. The van der Waals surface area contributed by atoms with Crippen LogP contribution in [0, 0.1) is 11.8 Å². The van der Waals surface area contributed by atoms with Gasteiger partial charge in [-0.2, -0.15) is 0 Å². The van der Waals surface area contributed by atoms with Gasteiger partial charge in [-0.1, -0.05) is 48.9 Å². The second-order valence-electron chi connectivity index (χ2n) is 8.27. The van der Waals surface area contributed by atoms with Gasteiger partial charge in [-0.3, -0.25) is 9.59 Å². The number of carboxylic acids is 1. The number of hydrogen-bond acceptors (Lipinski definition) is 3. The van der Waals surface area contributed by atoms with Crippen molar-refractivity contribution >= 4 is 17.6 Å². The van der Waals surface area contributed by atoms with Crippen LogP contribution < -0.4 is 10.2 Å². The zero-order valence-corrected chi connectivity index (χ0v) is 16.8. The second kappa shape index (κ2) is 8.27. The van der Waals surface area contributed by atoms with Crippen LogP contribution >= 0.6 is 0 Å². The molecule has 2 N–H and O–H groups in total. The van der Waals surface area contributed by atoms with Gasteiger partial charge in [-0.25, -0.2) is 0 Å². The Labute approximate surface area is 171 Å². The van der Waals surface area contributed by atoms with E-state index >= 15 is 0 Å². The molecule has 2 aromatic rings. The summed E-state index contributed by atoms with van der Waals surface area (Å²) in [6.45, 7) is 0.509. The number of nitrogens with one attached hydrogen (secondary N) is 1. The van der Waals surface area contributed by atoms with E-state index in [4.69, 9.17) is 0 Å². The summed E-state index contributed by atoms with van der Waals surface area (Å²) in [5.74, 6) is -1.40. The van der Waals surface area contributed by atoms with Crippen LogP contribution in [0.2, 0.25) is 0 Å². The normalized spacial score (nSPS) is 23.5. The minimum absolute atomic E-state index is 0.0145. The van der Waals surface area contributed by atoms with Crippen LogP contribution in [0.5, 0.6) is 0 Å². The predicted molar refractivity (Wildman–Crippen MR) is 113 cm³/mol. The number of hydrogen-bond donors (Lipinski definition) is 2. The molecule has 1 aliphatic heterocycles. The number of anilines is 1. The van der Waals surface area contributed by atoms with Crippen molar-refractivity contribution in [1.29, 1.82) is 0 Å². The molecule has 1 saturated carbocycles. The number of carbonyl (C=O) groups is 2. The van der Waals surface area contributed by atoms with Gasteiger partial charge >= 0.3 is 5.97 Å². The summed E-state index contributed by atoms with van der Waals surface area (Å²) in [4.78, 5) is 26.4. The molecule has 5 heteroatoms. The number of aliphatic carboxylic acids is 1. The highest BCUT2D eigenvalue weighted by molar-refractivity contribution is 5.80. The summed E-state index contributed by atoms with van der Waals surface area (Å²) in [6.07, 6.45) is 3.57. The van der Waals surface area contributed by atoms with Gasteiger partial charge in [0.2, 0.25) is 5.91 Å². The predicted octanol–water partition coefficient (Wildman–Crippen LogP) is 3.78. The Balaban J connectivity index is 1.53. The zero-order valence-electron chi connectivity index (χ0n) is 16.8. The molecule has 3 atom stereocenters. The van der Waals surface area contributed by atoms with Crippen LogP contribution in [0.15, 0.2) is 48.5 Å². The molecule has 0 radical (unpaired) electrons. The molecule has 152 valence electrons. The Kier molecular flexibility index (Phi) is 5.56. The lowest BCUT2D eigenvalue weighted by molar-refractivity contribution is -0.144. The van der Waals surface area contributed by atoms with Crippen LogP contribution in [0.4, 0.5) is 5.69 Å². The molecule has 1 heterocycles. The van der Waals surface area contributed by atoms with Crippen molar-refractivity contribution in [2.45, 2.75) is 38.1 Å². The highest BCUT2D eigenvalue weighted by atomic mass is 16.4. The van der Waals surface area contributed by atoms with Gasteiger partial charge in [0.1, 0.15) is 0 Å². The third kappa shape index (κ3) is 4.00. The molecule has 0 spiro atoms. The summed E-state index contributed by atoms with van der Waals surface area (Å²) in [6, 6.07) is 16.9. The van der Waals surface area contributed by atoms with Crippen LogP contribution in [-0.4, -0.2) is 30.6 Å². The average Bonchev–Trinajstić information content (AvgIpc) is 2.86. The molecule has 29 heavy (non-hydrogen) atoms. The van der Waals surface area contributed by atoms with E-state index in [0.29, 0.717) is 19.4 Å². The lowest BCUT2D eigenvalue weighted by Gasteiger charge is -2.32. The number of rotatable bonds is 4. The van der Waals surface area contributed by atoms with Crippen LogP contribution in [0.1, 0.15) is 48.4 Å². The molecule has 2 aromatic carbocycles. The van der Waals surface area contributed by atoms with E-state index in [9.17, 15) is 14.7 Å². The number of carboxylic acid groups (broad SMARTS) is 1. The number of likely N-dealkylation sites (N-methyl/N-ethyl adjacent to an activating group) is 1. The van der Waals surface area contributed by atoms with Gasteiger partial charge in [-0.05, 0) is 48.4 Å². The lowest BCUT2D eigenvalue weighted by Crippen LogP contribution is -2.40. The van der Waals surface area contributed by atoms with Gasteiger partial charge in [-0.15, -0.1) is 0 Å². The quantitative estimate of drug-likeness (QED) is 0.831. The molecule has 1 fully saturated rings. The summed E-state index contributed by atoms with van der Waals surface area (Å²) in [5.41, 5.74) is 4.99. The van der Waals surface area contributed by atoms with Gasteiger partial charge in [0.15, 0.2) is 0 Å². The standard InChI is InChI=1S/C24H28N2O3/c1-26-21-12-5-3-8-17(21)13-16-7-2-4-11-20(16)22(26)15-25-23(27)18-9-6-10-19(14-18)24(28)29/h2-5,7-8,11-12,18-19,22H,6,9-10,13-15H2,1H3,(H,25,27)(H,28,29)/t18-,19+,22?/m1/s1. The number of nitrogens with zero attached hydrogens (tertiary/aromatic N) is 1. The fraction of sp³-hybridized carbons (Fsp3) is 0.417. The van der Waals surface area contributed by atoms with E-state index in [1.165, 1.54) is 22.4 Å². The van der Waals surface area contributed by atoms with Gasteiger partial charge in [0, 0.05) is 25.2 Å². The average molecular weight is 392 g/mol. The number of carbonyl (C=O) groups excluding carboxylic acids is 1. The SMILES string of the molecule is CN1c2ccccc2Cc2ccccc2C1CNC(=O)[C@@H]1CCC[C@H](C(=O)O)C1. The van der Waals surface area contributed by atoms with Crippen molar-refractivity contribution in [1.82, 2.24) is 5.32 Å². The molecule has 1 amide bonds. The van der Waals surface area contributed by atoms with E-state index in [-0.39, 0.29) is 17.9 Å². The summed E-state index contributed by atoms with van der Waals surface area (Å²) < 4.78 is 0. The molecule has 0 bridgehead atoms. The van der Waals surface area contributed by atoms with Gasteiger partial charge in [0.05, 0.1) is 12.0 Å². The maximum absolute atomic E-state index is 12.8. The Morgan fingerprint density at radius 1 is 1.03 bits per heavy atom. The third-order valence-electron chi connectivity index (χ3n) is 6.50. The van der Waals surface area contributed by atoms with Crippen molar-refractivity contribution in [3.8, 4) is 0 Å². The van der Waals surface area contributed by atoms with Crippen molar-refractivity contribution < 1.29 is 14.7 Å². The molecule has 4 rings (SSSR count). The van der Waals surface area contributed by atoms with Crippen LogP contribution in [0.25, 0.3) is 0 Å². The van der Waals surface area contributed by atoms with Gasteiger partial charge < -0.3 is 15.3 Å². The summed E-state index contributed by atoms with van der Waals surface area (Å²) in [7, 11) is 2.08. The molecule has 0 saturated heterocycles. The first-order valence-electron chi connectivity index (χ1n) is 10.4. The van der Waals surface area contributed by atoms with E-state index in [2.05, 4.69) is 65.8 Å². The minimum Gasteiger partial charge on any atom is -0.481 e. The first-order chi connectivity index (χ1) is 14.0. The molecule has 5 nitrogen and oxygen atoms in total. The highest BCUT2D eigenvalue weighted by Crippen LogP contribution is 2.36. The van der Waals surface area contributed by atoms with Crippen molar-refractivity contribution in [3.05, 3.63) is 65.2 Å². The number of para-hydroxylation sites is 1. The lowest BCUT2D eigenvalue weighted by atomic mass is 9.81. The molecule has 0 aromatic heterocycles. The number of amides is 1. The monoisotopic (exact) mass is 392 g/mol. The fourth-order valence-corrected chi connectivity index (χ4v) is 4.85. The smallest absolute Gasteiger partial charge is 0.306 e. The number of fused-ring (bicyclic) bond motifs is 2. The van der Waals surface area contributed by atoms with Crippen LogP contribution in [0.3, 0.4) is 0 Å². The van der Waals surface area contributed by atoms with E-state index in [1.807, 2.05) is 0 Å². The maximum Gasteiger partial charge on any atom is 0.306 e. The molecular formula is C24H28N2O3. The van der Waals surface area contributed by atoms with Gasteiger partial charge in [0.25, 0.3) is 0 Å². The zero-order chi connectivity index (χ0) is 20.4.